The van der Waals surface area contributed by atoms with Crippen molar-refractivity contribution in [2.24, 2.45) is 0 Å². The monoisotopic (exact) mass is 138 g/mol. The third-order valence-corrected chi connectivity index (χ3v) is 0.198. The number of hydrogen-bond acceptors (Lipinski definition) is 2. The Labute approximate surface area is 72.4 Å². The topological polar surface area (TPSA) is 46.5 Å². The van der Waals surface area contributed by atoms with Crippen LogP contribution in [0.3, 0.4) is 0 Å². The number of carboxylic acid groups (broad SMARTS) is 1. The summed E-state index contributed by atoms with van der Waals surface area (Å²) in [4.78, 5) is 9.01. The van der Waals surface area contributed by atoms with Crippen LogP contribution in [0, 0.1) is 0 Å². The maximum Gasteiger partial charge on any atom is 2.00 e. The Bertz CT molecular complexity index is 52.5. The van der Waals surface area contributed by atoms with Crippen LogP contribution in [-0.2, 0) is 4.29 Å². The summed E-state index contributed by atoms with van der Waals surface area (Å²) < 4.78 is 3.14. The van der Waals surface area contributed by atoms with E-state index in [-0.39, 0.29) is 40.6 Å². The summed E-state index contributed by atoms with van der Waals surface area (Å²) in [6.45, 7) is 0. The fraction of sp³-hybridized carbons (Fsp3) is 0. The summed E-state index contributed by atoms with van der Waals surface area (Å²) >= 11 is 4.24. The first-order valence-electron chi connectivity index (χ1n) is 0.786. The Kier molecular flexibility index (Phi) is 9.64. The predicted octanol–water partition coefficient (Wildman–Crippen LogP) is 0.679. The Morgan fingerprint density at radius 3 is 2.17 bits per heavy atom. The van der Waals surface area contributed by atoms with E-state index >= 15 is 0 Å². The van der Waals surface area contributed by atoms with Crippen LogP contribution in [-0.4, -0.2) is 49.0 Å². The maximum atomic E-state index is 9.01. The maximum absolute atomic E-state index is 9.01. The molecule has 0 unspecified atom stereocenters. The van der Waals surface area contributed by atoms with Crippen LogP contribution in [0.4, 0.5) is 4.79 Å². The normalized spacial score (nSPS) is 5.50. The van der Waals surface area contributed by atoms with Gasteiger partial charge in [0.15, 0.2) is 0 Å². The average Bonchev–Trinajstić information content (AvgIpc) is 1.38. The summed E-state index contributed by atoms with van der Waals surface area (Å²) in [6, 6.07) is 0. The third kappa shape index (κ3) is 8.84. The van der Waals surface area contributed by atoms with Gasteiger partial charge in [0.2, 0.25) is 0 Å². The van der Waals surface area contributed by atoms with Crippen molar-refractivity contribution in [3.63, 3.8) is 0 Å². The molecule has 5 heteroatoms. The van der Waals surface area contributed by atoms with Crippen molar-refractivity contribution < 1.29 is 17.0 Å². The Morgan fingerprint density at radius 2 is 2.17 bits per heavy atom. The first kappa shape index (κ1) is 9.94. The van der Waals surface area contributed by atoms with Gasteiger partial charge in [0.25, 0.3) is 0 Å². The van der Waals surface area contributed by atoms with Gasteiger partial charge in [-0.3, -0.25) is 0 Å². The molecule has 0 radical (unpaired) electrons. The molecule has 0 bridgehead atoms. The number of rotatable bonds is 0. The molecule has 0 aromatic carbocycles. The van der Waals surface area contributed by atoms with Gasteiger partial charge >= 0.3 is 43.9 Å². The Balaban J connectivity index is -0.0000000267. The van der Waals surface area contributed by atoms with E-state index in [9.17, 15) is 0 Å². The second kappa shape index (κ2) is 5.82. The molecule has 0 atom stereocenters. The summed E-state index contributed by atoms with van der Waals surface area (Å²) in [5.74, 6) is 0. The van der Waals surface area contributed by atoms with Gasteiger partial charge in [-0.25, -0.2) is 4.79 Å². The Hall–Kier alpha value is 0.820. The molecule has 6 heavy (non-hydrogen) atoms. The standard InChI is InChI=1S/CHClO3.Ca.2H/c2-5-1(3)4;;;/h(H,3,4);;;/q;+2;2*-1. The minimum Gasteiger partial charge on any atom is -1.00 e. The molecule has 0 saturated carbocycles. The molecule has 0 aromatic rings. The molecule has 34 valence electrons. The van der Waals surface area contributed by atoms with Gasteiger partial charge < -0.3 is 12.2 Å². The molecule has 0 aliphatic carbocycles. The second-order valence-corrected chi connectivity index (χ2v) is 0.497. The summed E-state index contributed by atoms with van der Waals surface area (Å²) in [5.41, 5.74) is 0. The summed E-state index contributed by atoms with van der Waals surface area (Å²) in [5, 5.41) is 7.37. The van der Waals surface area contributed by atoms with Crippen LogP contribution < -0.4 is 0 Å². The van der Waals surface area contributed by atoms with Crippen LogP contribution >= 0.6 is 11.9 Å². The number of carbonyl (C=O) groups is 1. The van der Waals surface area contributed by atoms with Crippen LogP contribution in [0.15, 0.2) is 0 Å². The largest absolute Gasteiger partial charge is 2.00 e. The van der Waals surface area contributed by atoms with E-state index in [0.717, 1.165) is 0 Å². The van der Waals surface area contributed by atoms with Gasteiger partial charge in [0, 0.05) is 0 Å². The molecule has 0 aromatic heterocycles. The van der Waals surface area contributed by atoms with Gasteiger partial charge in [-0.15, -0.1) is 0 Å². The zero-order valence-corrected chi connectivity index (χ0v) is 5.81. The quantitative estimate of drug-likeness (QED) is 0.501. The van der Waals surface area contributed by atoms with Gasteiger partial charge in [-0.1, -0.05) is 0 Å². The van der Waals surface area contributed by atoms with E-state index in [0.29, 0.717) is 0 Å². The van der Waals surface area contributed by atoms with Crippen LogP contribution in [0.5, 0.6) is 0 Å². The van der Waals surface area contributed by atoms with Gasteiger partial charge in [0.1, 0.15) is 11.9 Å². The fourth-order valence-electron chi connectivity index (χ4n) is 0. The van der Waals surface area contributed by atoms with Crippen LogP contribution in [0.1, 0.15) is 2.85 Å². The summed E-state index contributed by atoms with van der Waals surface area (Å²) in [6.07, 6.45) is -1.48. The molecular formula is CH3CaClO3. The zero-order chi connectivity index (χ0) is 4.28. The molecule has 0 rings (SSSR count). The van der Waals surface area contributed by atoms with E-state index in [2.05, 4.69) is 16.2 Å². The minimum absolute atomic E-state index is 0. The fourth-order valence-corrected chi connectivity index (χ4v) is 0. The van der Waals surface area contributed by atoms with Crippen molar-refractivity contribution in [3.8, 4) is 0 Å². The van der Waals surface area contributed by atoms with Crippen LogP contribution in [0.25, 0.3) is 0 Å². The zero-order valence-electron chi connectivity index (χ0n) is 4.85. The van der Waals surface area contributed by atoms with Crippen molar-refractivity contribution in [2.45, 2.75) is 0 Å². The van der Waals surface area contributed by atoms with E-state index < -0.39 is 6.16 Å². The average molecular weight is 139 g/mol. The van der Waals surface area contributed by atoms with Gasteiger partial charge in [-0.05, 0) is 0 Å². The molecule has 0 aliphatic rings. The number of halogens is 1. The van der Waals surface area contributed by atoms with E-state index in [4.69, 9.17) is 9.90 Å². The molecule has 3 nitrogen and oxygen atoms in total. The molecule has 0 amide bonds. The molecule has 0 spiro atoms. The molecule has 0 saturated heterocycles. The molecule has 0 heterocycles. The van der Waals surface area contributed by atoms with Crippen molar-refractivity contribution >= 4 is 55.8 Å². The third-order valence-electron chi connectivity index (χ3n) is 0.0660. The first-order chi connectivity index (χ1) is 2.27. The predicted molar refractivity (Wildman–Crippen MR) is 22.9 cm³/mol. The molecule has 0 aliphatic heterocycles. The van der Waals surface area contributed by atoms with Gasteiger partial charge in [0.05, 0.1) is 0 Å². The smallest absolute Gasteiger partial charge is 1.00 e. The van der Waals surface area contributed by atoms with Crippen molar-refractivity contribution in [2.75, 3.05) is 0 Å². The SMILES string of the molecule is O=C(O)OCl.[Ca+2].[H-].[H-]. The van der Waals surface area contributed by atoms with Gasteiger partial charge in [-0.2, -0.15) is 0 Å². The second-order valence-electron chi connectivity index (χ2n) is 0.343. The van der Waals surface area contributed by atoms with Crippen molar-refractivity contribution in [3.05, 3.63) is 0 Å². The van der Waals surface area contributed by atoms with E-state index in [1.165, 1.54) is 0 Å². The van der Waals surface area contributed by atoms with E-state index in [1.54, 1.807) is 0 Å². The number of hydrogen-bond donors (Lipinski definition) is 1. The summed E-state index contributed by atoms with van der Waals surface area (Å²) in [7, 11) is 0. The molecule has 0 fully saturated rings. The molecule has 1 N–H and O–H groups in total. The van der Waals surface area contributed by atoms with Crippen LogP contribution in [0.2, 0.25) is 0 Å². The first-order valence-corrected chi connectivity index (χ1v) is 1.09. The van der Waals surface area contributed by atoms with E-state index in [1.807, 2.05) is 0 Å². The minimum atomic E-state index is -1.48. The van der Waals surface area contributed by atoms with Crippen molar-refractivity contribution in [1.29, 1.82) is 0 Å². The Morgan fingerprint density at radius 1 is 2.00 bits per heavy atom. The van der Waals surface area contributed by atoms with Crippen molar-refractivity contribution in [1.82, 2.24) is 0 Å². The molecular weight excluding hydrogens is 136 g/mol.